The molecule has 1 rings (SSSR count). The Morgan fingerprint density at radius 2 is 2.07 bits per heavy atom. The molecule has 1 atom stereocenters. The first kappa shape index (κ1) is 10.6. The van der Waals surface area contributed by atoms with Crippen molar-refractivity contribution in [3.8, 4) is 18.1 Å². The Bertz CT molecular complexity index is 313. The summed E-state index contributed by atoms with van der Waals surface area (Å²) in [7, 11) is 0. The highest BCUT2D eigenvalue weighted by Crippen LogP contribution is 2.15. The summed E-state index contributed by atoms with van der Waals surface area (Å²) >= 11 is 0. The Hall–Kier alpha value is -1.50. The number of ether oxygens (including phenoxy) is 1. The molecule has 0 saturated carbocycles. The van der Waals surface area contributed by atoms with E-state index in [0.717, 1.165) is 5.56 Å². The van der Waals surface area contributed by atoms with Crippen LogP contribution < -0.4 is 10.5 Å². The average molecular weight is 191 g/mol. The molecule has 3 heteroatoms. The van der Waals surface area contributed by atoms with E-state index in [-0.39, 0.29) is 19.3 Å². The second-order valence-electron chi connectivity index (χ2n) is 2.85. The topological polar surface area (TPSA) is 55.5 Å². The van der Waals surface area contributed by atoms with Gasteiger partial charge in [0.1, 0.15) is 12.4 Å². The normalized spacial score (nSPS) is 11.8. The largest absolute Gasteiger partial charge is 0.481 e. The van der Waals surface area contributed by atoms with Crippen LogP contribution in [0.25, 0.3) is 0 Å². The summed E-state index contributed by atoms with van der Waals surface area (Å²) in [5.74, 6) is 3.08. The highest BCUT2D eigenvalue weighted by atomic mass is 16.5. The molecular weight excluding hydrogens is 178 g/mol. The maximum Gasteiger partial charge on any atom is 0.148 e. The molecule has 1 aromatic carbocycles. The number of nitrogens with two attached hydrogens (primary N) is 1. The maximum atomic E-state index is 8.82. The monoisotopic (exact) mass is 191 g/mol. The van der Waals surface area contributed by atoms with Gasteiger partial charge in [0, 0.05) is 0 Å². The van der Waals surface area contributed by atoms with E-state index in [2.05, 4.69) is 5.92 Å². The van der Waals surface area contributed by atoms with Gasteiger partial charge in [0.2, 0.25) is 0 Å². The van der Waals surface area contributed by atoms with Gasteiger partial charge in [-0.25, -0.2) is 0 Å². The smallest absolute Gasteiger partial charge is 0.148 e. The van der Waals surface area contributed by atoms with E-state index in [1.54, 1.807) is 12.1 Å². The summed E-state index contributed by atoms with van der Waals surface area (Å²) in [5.41, 5.74) is 6.50. The van der Waals surface area contributed by atoms with Crippen molar-refractivity contribution < 1.29 is 9.84 Å². The molecule has 3 N–H and O–H groups in total. The fraction of sp³-hybridized carbons (Fsp3) is 0.273. The van der Waals surface area contributed by atoms with Crippen LogP contribution in [0.5, 0.6) is 5.75 Å². The summed E-state index contributed by atoms with van der Waals surface area (Å²) in [6.45, 7) is 0.190. The number of aliphatic hydroxyl groups excluding tert-OH is 1. The van der Waals surface area contributed by atoms with Gasteiger partial charge in [-0.05, 0) is 17.7 Å². The third-order valence-corrected chi connectivity index (χ3v) is 1.83. The van der Waals surface area contributed by atoms with E-state index >= 15 is 0 Å². The summed E-state index contributed by atoms with van der Waals surface area (Å²) < 4.78 is 5.18. The molecule has 0 aromatic heterocycles. The first-order valence-corrected chi connectivity index (χ1v) is 4.30. The van der Waals surface area contributed by atoms with Crippen LogP contribution >= 0.6 is 0 Å². The van der Waals surface area contributed by atoms with Crippen molar-refractivity contribution in [2.45, 2.75) is 6.04 Å². The third-order valence-electron chi connectivity index (χ3n) is 1.83. The van der Waals surface area contributed by atoms with Gasteiger partial charge in [0.15, 0.2) is 0 Å². The number of rotatable bonds is 4. The lowest BCUT2D eigenvalue weighted by molar-refractivity contribution is 0.268. The van der Waals surface area contributed by atoms with Gasteiger partial charge in [0.25, 0.3) is 0 Å². The standard InChI is InChI=1S/C11H13NO2/c1-2-7-14-10-5-3-9(4-6-10)11(12)8-13/h1,3-6,11,13H,7-8,12H2. The number of hydrogen-bond acceptors (Lipinski definition) is 3. The Morgan fingerprint density at radius 1 is 1.43 bits per heavy atom. The van der Waals surface area contributed by atoms with Crippen LogP contribution in [-0.2, 0) is 0 Å². The fourth-order valence-electron chi connectivity index (χ4n) is 1.04. The Balaban J connectivity index is 2.64. The van der Waals surface area contributed by atoms with Crippen LogP contribution in [0.3, 0.4) is 0 Å². The van der Waals surface area contributed by atoms with Crippen molar-refractivity contribution in [2.24, 2.45) is 5.73 Å². The van der Waals surface area contributed by atoms with E-state index in [1.807, 2.05) is 12.1 Å². The minimum Gasteiger partial charge on any atom is -0.481 e. The Morgan fingerprint density at radius 3 is 2.57 bits per heavy atom. The summed E-state index contributed by atoms with van der Waals surface area (Å²) in [6, 6.07) is 6.85. The quantitative estimate of drug-likeness (QED) is 0.688. The molecule has 0 spiro atoms. The van der Waals surface area contributed by atoms with Gasteiger partial charge in [-0.2, -0.15) is 0 Å². The van der Waals surface area contributed by atoms with Gasteiger partial charge >= 0.3 is 0 Å². The zero-order valence-electron chi connectivity index (χ0n) is 7.81. The SMILES string of the molecule is C#CCOc1ccc(C(N)CO)cc1. The minimum absolute atomic E-state index is 0.0649. The molecule has 0 saturated heterocycles. The molecule has 74 valence electrons. The molecule has 3 nitrogen and oxygen atoms in total. The van der Waals surface area contributed by atoms with Crippen molar-refractivity contribution in [1.29, 1.82) is 0 Å². The third kappa shape index (κ3) is 2.77. The van der Waals surface area contributed by atoms with E-state index in [9.17, 15) is 0 Å². The second-order valence-corrected chi connectivity index (χ2v) is 2.85. The van der Waals surface area contributed by atoms with Gasteiger partial charge in [-0.1, -0.05) is 18.1 Å². The zero-order valence-corrected chi connectivity index (χ0v) is 7.81. The van der Waals surface area contributed by atoms with Crippen molar-refractivity contribution in [3.05, 3.63) is 29.8 Å². The fourth-order valence-corrected chi connectivity index (χ4v) is 1.04. The molecule has 0 amide bonds. The van der Waals surface area contributed by atoms with Crippen molar-refractivity contribution in [3.63, 3.8) is 0 Å². The predicted molar refractivity (Wildman–Crippen MR) is 54.8 cm³/mol. The maximum absolute atomic E-state index is 8.82. The van der Waals surface area contributed by atoms with Crippen LogP contribution in [-0.4, -0.2) is 18.3 Å². The van der Waals surface area contributed by atoms with Crippen molar-refractivity contribution >= 4 is 0 Å². The van der Waals surface area contributed by atoms with Crippen LogP contribution in [0, 0.1) is 12.3 Å². The average Bonchev–Trinajstić information content (AvgIpc) is 2.26. The van der Waals surface area contributed by atoms with Crippen molar-refractivity contribution in [1.82, 2.24) is 0 Å². The predicted octanol–water partition coefficient (Wildman–Crippen LogP) is 0.691. The first-order valence-electron chi connectivity index (χ1n) is 4.30. The van der Waals surface area contributed by atoms with E-state index in [4.69, 9.17) is 22.0 Å². The Kier molecular flexibility index (Phi) is 3.99. The van der Waals surface area contributed by atoms with Crippen molar-refractivity contribution in [2.75, 3.05) is 13.2 Å². The summed E-state index contributed by atoms with van der Waals surface area (Å²) in [5, 5.41) is 8.82. The van der Waals surface area contributed by atoms with E-state index in [1.165, 1.54) is 0 Å². The molecule has 1 aromatic rings. The lowest BCUT2D eigenvalue weighted by Gasteiger charge is -2.09. The molecule has 1 unspecified atom stereocenters. The van der Waals surface area contributed by atoms with Crippen LogP contribution in [0.2, 0.25) is 0 Å². The Labute approximate surface area is 83.5 Å². The first-order chi connectivity index (χ1) is 6.77. The molecule has 0 aliphatic heterocycles. The zero-order chi connectivity index (χ0) is 10.4. The van der Waals surface area contributed by atoms with Crippen LogP contribution in [0.1, 0.15) is 11.6 Å². The molecular formula is C11H13NO2. The molecule has 0 aliphatic rings. The molecule has 14 heavy (non-hydrogen) atoms. The van der Waals surface area contributed by atoms with E-state index in [0.29, 0.717) is 5.75 Å². The lowest BCUT2D eigenvalue weighted by atomic mass is 10.1. The highest BCUT2D eigenvalue weighted by Gasteiger charge is 2.03. The molecule has 0 heterocycles. The highest BCUT2D eigenvalue weighted by molar-refractivity contribution is 5.29. The molecule has 0 aliphatic carbocycles. The van der Waals surface area contributed by atoms with Gasteiger partial charge in [0.05, 0.1) is 12.6 Å². The number of aliphatic hydroxyl groups is 1. The molecule has 0 fully saturated rings. The van der Waals surface area contributed by atoms with Gasteiger partial charge in [-0.3, -0.25) is 0 Å². The second kappa shape index (κ2) is 5.28. The van der Waals surface area contributed by atoms with Crippen LogP contribution in [0.15, 0.2) is 24.3 Å². The van der Waals surface area contributed by atoms with Crippen LogP contribution in [0.4, 0.5) is 0 Å². The lowest BCUT2D eigenvalue weighted by Crippen LogP contribution is -2.14. The van der Waals surface area contributed by atoms with E-state index < -0.39 is 0 Å². The minimum atomic E-state index is -0.336. The number of terminal acetylenes is 1. The summed E-state index contributed by atoms with van der Waals surface area (Å²) in [4.78, 5) is 0. The number of benzene rings is 1. The summed E-state index contributed by atoms with van der Waals surface area (Å²) in [6.07, 6.45) is 5.05. The molecule has 0 bridgehead atoms. The number of hydrogen-bond donors (Lipinski definition) is 2. The molecule has 0 radical (unpaired) electrons. The van der Waals surface area contributed by atoms with Gasteiger partial charge < -0.3 is 15.6 Å². The van der Waals surface area contributed by atoms with Gasteiger partial charge in [-0.15, -0.1) is 6.42 Å².